The highest BCUT2D eigenvalue weighted by atomic mass is 16.5. The molecule has 0 unspecified atom stereocenters. The van der Waals surface area contributed by atoms with Gasteiger partial charge in [-0.3, -0.25) is 9.59 Å². The van der Waals surface area contributed by atoms with Crippen LogP contribution in [0.1, 0.15) is 21.7 Å². The predicted octanol–water partition coefficient (Wildman–Crippen LogP) is 3.67. The molecule has 1 N–H and O–H groups in total. The summed E-state index contributed by atoms with van der Waals surface area (Å²) in [6.45, 7) is 3.76. The van der Waals surface area contributed by atoms with Crippen LogP contribution in [0.25, 0.3) is 11.0 Å². The van der Waals surface area contributed by atoms with E-state index in [-0.39, 0.29) is 11.2 Å². The van der Waals surface area contributed by atoms with Crippen LogP contribution >= 0.6 is 0 Å². The van der Waals surface area contributed by atoms with Crippen molar-refractivity contribution in [2.24, 2.45) is 0 Å². The Kier molecular flexibility index (Phi) is 4.08. The lowest BCUT2D eigenvalue weighted by molar-refractivity contribution is 0.0997. The molecule has 3 aromatic rings. The van der Waals surface area contributed by atoms with Gasteiger partial charge in [-0.25, -0.2) is 0 Å². The quantitative estimate of drug-likeness (QED) is 0.798. The molecule has 0 radical (unpaired) electrons. The SMILES string of the molecule is COc1ccc(NC(=O)c2cc(=O)c3c(C)cc(C)cc3o2)cc1. The van der Waals surface area contributed by atoms with E-state index in [0.717, 1.165) is 11.1 Å². The number of fused-ring (bicyclic) bond motifs is 1. The molecule has 3 rings (SSSR count). The van der Waals surface area contributed by atoms with E-state index in [2.05, 4.69) is 5.32 Å². The van der Waals surface area contributed by atoms with Gasteiger partial charge in [0, 0.05) is 11.8 Å². The predicted molar refractivity (Wildman–Crippen MR) is 92.9 cm³/mol. The van der Waals surface area contributed by atoms with E-state index in [0.29, 0.717) is 22.4 Å². The Morgan fingerprint density at radius 1 is 1.08 bits per heavy atom. The van der Waals surface area contributed by atoms with Gasteiger partial charge in [-0.05, 0) is 55.3 Å². The first kappa shape index (κ1) is 15.8. The average Bonchev–Trinajstić information content (AvgIpc) is 2.54. The first-order valence-corrected chi connectivity index (χ1v) is 7.48. The molecule has 0 spiro atoms. The molecule has 1 amide bonds. The minimum Gasteiger partial charge on any atom is -0.497 e. The number of nitrogens with one attached hydrogen (secondary N) is 1. The second-order valence-electron chi connectivity index (χ2n) is 5.61. The molecule has 24 heavy (non-hydrogen) atoms. The number of methoxy groups -OCH3 is 1. The third kappa shape index (κ3) is 3.01. The van der Waals surface area contributed by atoms with Crippen molar-refractivity contribution in [2.75, 3.05) is 12.4 Å². The molecule has 0 saturated carbocycles. The van der Waals surface area contributed by atoms with E-state index in [9.17, 15) is 9.59 Å². The second-order valence-corrected chi connectivity index (χ2v) is 5.61. The van der Waals surface area contributed by atoms with E-state index in [1.165, 1.54) is 6.07 Å². The van der Waals surface area contributed by atoms with Crippen molar-refractivity contribution < 1.29 is 13.9 Å². The smallest absolute Gasteiger partial charge is 0.291 e. The van der Waals surface area contributed by atoms with Crippen LogP contribution in [0.3, 0.4) is 0 Å². The summed E-state index contributed by atoms with van der Waals surface area (Å²) in [4.78, 5) is 24.7. The molecule has 1 heterocycles. The van der Waals surface area contributed by atoms with Gasteiger partial charge in [0.2, 0.25) is 0 Å². The van der Waals surface area contributed by atoms with Gasteiger partial charge in [-0.15, -0.1) is 0 Å². The van der Waals surface area contributed by atoms with Crippen molar-refractivity contribution in [1.82, 2.24) is 0 Å². The number of carbonyl (C=O) groups excluding carboxylic acids is 1. The molecular formula is C19H17NO4. The number of hydrogen-bond acceptors (Lipinski definition) is 4. The molecule has 2 aromatic carbocycles. The highest BCUT2D eigenvalue weighted by Crippen LogP contribution is 2.20. The van der Waals surface area contributed by atoms with Gasteiger partial charge >= 0.3 is 0 Å². The van der Waals surface area contributed by atoms with Gasteiger partial charge in [0.05, 0.1) is 12.5 Å². The Morgan fingerprint density at radius 2 is 1.79 bits per heavy atom. The van der Waals surface area contributed by atoms with Crippen LogP contribution in [0.2, 0.25) is 0 Å². The molecule has 0 aliphatic rings. The van der Waals surface area contributed by atoms with Crippen LogP contribution < -0.4 is 15.5 Å². The Bertz CT molecular complexity index is 971. The van der Waals surface area contributed by atoms with E-state index >= 15 is 0 Å². The molecule has 0 aliphatic carbocycles. The van der Waals surface area contributed by atoms with Gasteiger partial charge in [-0.2, -0.15) is 0 Å². The lowest BCUT2D eigenvalue weighted by Gasteiger charge is -2.08. The Labute approximate surface area is 138 Å². The van der Waals surface area contributed by atoms with Crippen LogP contribution in [0.4, 0.5) is 5.69 Å². The molecule has 0 saturated heterocycles. The van der Waals surface area contributed by atoms with Crippen LogP contribution in [0, 0.1) is 13.8 Å². The Balaban J connectivity index is 1.96. The summed E-state index contributed by atoms with van der Waals surface area (Å²) in [6, 6.07) is 11.8. The van der Waals surface area contributed by atoms with Crippen LogP contribution in [0.5, 0.6) is 5.75 Å². The van der Waals surface area contributed by atoms with E-state index in [1.807, 2.05) is 19.9 Å². The van der Waals surface area contributed by atoms with E-state index < -0.39 is 5.91 Å². The lowest BCUT2D eigenvalue weighted by atomic mass is 10.1. The summed E-state index contributed by atoms with van der Waals surface area (Å²) >= 11 is 0. The topological polar surface area (TPSA) is 68.5 Å². The normalized spacial score (nSPS) is 10.6. The first-order chi connectivity index (χ1) is 11.5. The van der Waals surface area contributed by atoms with Crippen molar-refractivity contribution in [3.8, 4) is 5.75 Å². The van der Waals surface area contributed by atoms with Crippen molar-refractivity contribution in [3.63, 3.8) is 0 Å². The third-order valence-corrected chi connectivity index (χ3v) is 3.74. The molecule has 0 atom stereocenters. The van der Waals surface area contributed by atoms with Crippen molar-refractivity contribution in [1.29, 1.82) is 0 Å². The fourth-order valence-corrected chi connectivity index (χ4v) is 2.64. The van der Waals surface area contributed by atoms with Crippen LogP contribution in [0.15, 0.2) is 51.7 Å². The number of benzene rings is 2. The van der Waals surface area contributed by atoms with E-state index in [1.54, 1.807) is 37.4 Å². The second kappa shape index (κ2) is 6.20. The van der Waals surface area contributed by atoms with Gasteiger partial charge in [0.25, 0.3) is 5.91 Å². The molecule has 1 aromatic heterocycles. The number of amides is 1. The van der Waals surface area contributed by atoms with Crippen molar-refractivity contribution in [3.05, 3.63) is 69.6 Å². The molecule has 0 aliphatic heterocycles. The molecule has 0 fully saturated rings. The molecule has 122 valence electrons. The summed E-state index contributed by atoms with van der Waals surface area (Å²) in [5.41, 5.74) is 2.58. The van der Waals surface area contributed by atoms with Crippen molar-refractivity contribution >= 4 is 22.6 Å². The van der Waals surface area contributed by atoms with Gasteiger partial charge in [0.1, 0.15) is 11.3 Å². The number of ether oxygens (including phenoxy) is 1. The number of rotatable bonds is 3. The van der Waals surface area contributed by atoms with E-state index in [4.69, 9.17) is 9.15 Å². The molecule has 0 bridgehead atoms. The van der Waals surface area contributed by atoms with Crippen LogP contribution in [-0.2, 0) is 0 Å². The number of aryl methyl sites for hydroxylation is 2. The zero-order valence-electron chi connectivity index (χ0n) is 13.7. The summed E-state index contributed by atoms with van der Waals surface area (Å²) < 4.78 is 10.7. The summed E-state index contributed by atoms with van der Waals surface area (Å²) in [5, 5.41) is 3.21. The maximum absolute atomic E-state index is 12.4. The summed E-state index contributed by atoms with van der Waals surface area (Å²) in [6.07, 6.45) is 0. The average molecular weight is 323 g/mol. The zero-order chi connectivity index (χ0) is 17.3. The minimum atomic E-state index is -0.474. The number of carbonyl (C=O) groups is 1. The summed E-state index contributed by atoms with van der Waals surface area (Å²) in [7, 11) is 1.57. The minimum absolute atomic E-state index is 0.0201. The third-order valence-electron chi connectivity index (χ3n) is 3.74. The van der Waals surface area contributed by atoms with Gasteiger partial charge < -0.3 is 14.5 Å². The number of anilines is 1. The highest BCUT2D eigenvalue weighted by Gasteiger charge is 2.14. The lowest BCUT2D eigenvalue weighted by Crippen LogP contribution is -2.15. The summed E-state index contributed by atoms with van der Waals surface area (Å²) in [5.74, 6) is 0.197. The maximum atomic E-state index is 12.4. The molecule has 5 nitrogen and oxygen atoms in total. The van der Waals surface area contributed by atoms with Crippen molar-refractivity contribution in [2.45, 2.75) is 13.8 Å². The highest BCUT2D eigenvalue weighted by molar-refractivity contribution is 6.03. The monoisotopic (exact) mass is 323 g/mol. The number of hydrogen-bond donors (Lipinski definition) is 1. The van der Waals surface area contributed by atoms with Gasteiger partial charge in [-0.1, -0.05) is 6.07 Å². The molecular weight excluding hydrogens is 306 g/mol. The first-order valence-electron chi connectivity index (χ1n) is 7.48. The molecule has 5 heteroatoms. The Hall–Kier alpha value is -3.08. The fourth-order valence-electron chi connectivity index (χ4n) is 2.64. The fraction of sp³-hybridized carbons (Fsp3) is 0.158. The van der Waals surface area contributed by atoms with Gasteiger partial charge in [0.15, 0.2) is 11.2 Å². The largest absolute Gasteiger partial charge is 0.497 e. The zero-order valence-corrected chi connectivity index (χ0v) is 13.7. The maximum Gasteiger partial charge on any atom is 0.291 e. The van der Waals surface area contributed by atoms with Crippen LogP contribution in [-0.4, -0.2) is 13.0 Å². The Morgan fingerprint density at radius 3 is 2.46 bits per heavy atom. The standard InChI is InChI=1S/C19H17NO4/c1-11-8-12(2)18-15(21)10-17(24-16(18)9-11)19(22)20-13-4-6-14(23-3)7-5-13/h4-10H,1-3H3,(H,20,22).